The highest BCUT2D eigenvalue weighted by Crippen LogP contribution is 2.15. The largest absolute Gasteiger partial charge is 0.316 e. The van der Waals surface area contributed by atoms with Gasteiger partial charge in [0.25, 0.3) is 0 Å². The zero-order valence-electron chi connectivity index (χ0n) is 9.74. The Morgan fingerprint density at radius 1 is 1.31 bits per heavy atom. The normalized spacial score (nSPS) is 11.0. The second kappa shape index (κ2) is 4.29. The lowest BCUT2D eigenvalue weighted by molar-refractivity contribution is 0.696. The number of nitrogens with zero attached hydrogens (tertiary/aromatic N) is 4. The number of aryl methyl sites for hydroxylation is 2. The van der Waals surface area contributed by atoms with E-state index in [2.05, 4.69) is 9.97 Å². The summed E-state index contributed by atoms with van der Waals surface area (Å²) in [7, 11) is 3.95. The van der Waals surface area contributed by atoms with Crippen LogP contribution in [0.3, 0.4) is 0 Å². The fourth-order valence-corrected chi connectivity index (χ4v) is 1.92. The summed E-state index contributed by atoms with van der Waals surface area (Å²) in [6.07, 6.45) is 0.745. The maximum Gasteiger partial charge on any atom is 0.179 e. The van der Waals surface area contributed by atoms with Crippen LogP contribution in [0.5, 0.6) is 0 Å². The van der Waals surface area contributed by atoms with Gasteiger partial charge in [-0.2, -0.15) is 0 Å². The van der Waals surface area contributed by atoms with E-state index < -0.39 is 0 Å². The van der Waals surface area contributed by atoms with Gasteiger partial charge in [0.2, 0.25) is 0 Å². The summed E-state index contributed by atoms with van der Waals surface area (Å²) in [5, 5.41) is 1.98. The van der Waals surface area contributed by atoms with Gasteiger partial charge in [-0.1, -0.05) is 0 Å². The molecule has 0 bridgehead atoms. The van der Waals surface area contributed by atoms with E-state index in [-0.39, 0.29) is 0 Å². The standard InChI is InChI=1S/C11H15ClN4/c1-8-4-5-9-11(13-8)16(15(2)3)10(14-9)6-7-12/h4-5H,6-7H2,1-3H3. The highest BCUT2D eigenvalue weighted by atomic mass is 35.5. The van der Waals surface area contributed by atoms with E-state index in [0.717, 1.165) is 29.1 Å². The molecule has 16 heavy (non-hydrogen) atoms. The van der Waals surface area contributed by atoms with E-state index in [1.807, 2.05) is 42.8 Å². The Morgan fingerprint density at radius 2 is 2.06 bits per heavy atom. The molecular weight excluding hydrogens is 224 g/mol. The van der Waals surface area contributed by atoms with Crippen LogP contribution in [-0.2, 0) is 6.42 Å². The molecule has 2 aromatic heterocycles. The molecule has 0 spiro atoms. The van der Waals surface area contributed by atoms with Crippen LogP contribution in [0.1, 0.15) is 11.5 Å². The van der Waals surface area contributed by atoms with Crippen LogP contribution in [0.15, 0.2) is 12.1 Å². The smallest absolute Gasteiger partial charge is 0.179 e. The lowest BCUT2D eigenvalue weighted by Crippen LogP contribution is -2.27. The molecule has 0 atom stereocenters. The molecule has 0 aliphatic carbocycles. The number of pyridine rings is 1. The summed E-state index contributed by atoms with van der Waals surface area (Å²) in [5.41, 5.74) is 2.80. The predicted molar refractivity (Wildman–Crippen MR) is 66.8 cm³/mol. The number of rotatable bonds is 3. The van der Waals surface area contributed by atoms with Crippen LogP contribution in [0.2, 0.25) is 0 Å². The van der Waals surface area contributed by atoms with Crippen LogP contribution in [0.4, 0.5) is 0 Å². The average Bonchev–Trinajstić information content (AvgIpc) is 2.55. The third-order valence-electron chi connectivity index (χ3n) is 2.41. The van der Waals surface area contributed by atoms with Crippen molar-refractivity contribution in [3.8, 4) is 0 Å². The summed E-state index contributed by atoms with van der Waals surface area (Å²) in [6, 6.07) is 3.97. The van der Waals surface area contributed by atoms with Gasteiger partial charge in [0.15, 0.2) is 5.65 Å². The Morgan fingerprint density at radius 3 is 2.69 bits per heavy atom. The Hall–Kier alpha value is -1.29. The number of fused-ring (bicyclic) bond motifs is 1. The number of halogens is 1. The molecule has 86 valence electrons. The predicted octanol–water partition coefficient (Wildman–Crippen LogP) is 1.72. The van der Waals surface area contributed by atoms with Gasteiger partial charge in [-0.15, -0.1) is 11.6 Å². The van der Waals surface area contributed by atoms with Crippen LogP contribution in [0.25, 0.3) is 11.2 Å². The van der Waals surface area contributed by atoms with Gasteiger partial charge >= 0.3 is 0 Å². The van der Waals surface area contributed by atoms with Crippen molar-refractivity contribution in [1.82, 2.24) is 14.6 Å². The van der Waals surface area contributed by atoms with Crippen LogP contribution in [0, 0.1) is 6.92 Å². The van der Waals surface area contributed by atoms with Crippen molar-refractivity contribution in [3.63, 3.8) is 0 Å². The molecule has 0 saturated carbocycles. The molecule has 2 aromatic rings. The molecule has 0 aliphatic rings. The minimum Gasteiger partial charge on any atom is -0.316 e. The Labute approximate surface area is 99.8 Å². The zero-order chi connectivity index (χ0) is 11.7. The number of aromatic nitrogens is 3. The molecule has 0 fully saturated rings. The first-order chi connectivity index (χ1) is 7.63. The average molecular weight is 239 g/mol. The van der Waals surface area contributed by atoms with Crippen molar-refractivity contribution in [3.05, 3.63) is 23.7 Å². The Kier molecular flexibility index (Phi) is 3.01. The van der Waals surface area contributed by atoms with Gasteiger partial charge in [0.1, 0.15) is 11.3 Å². The number of imidazole rings is 1. The van der Waals surface area contributed by atoms with Gasteiger partial charge in [0.05, 0.1) is 0 Å². The van der Waals surface area contributed by atoms with E-state index in [4.69, 9.17) is 11.6 Å². The molecule has 0 aromatic carbocycles. The lowest BCUT2D eigenvalue weighted by Gasteiger charge is -2.17. The summed E-state index contributed by atoms with van der Waals surface area (Å²) >= 11 is 5.78. The highest BCUT2D eigenvalue weighted by Gasteiger charge is 2.12. The minimum absolute atomic E-state index is 0.566. The summed E-state index contributed by atoms with van der Waals surface area (Å²) in [6.45, 7) is 1.98. The van der Waals surface area contributed by atoms with Crippen molar-refractivity contribution in [2.45, 2.75) is 13.3 Å². The van der Waals surface area contributed by atoms with Gasteiger partial charge in [0, 0.05) is 32.1 Å². The molecule has 0 amide bonds. The first kappa shape index (κ1) is 11.2. The van der Waals surface area contributed by atoms with Crippen LogP contribution < -0.4 is 5.01 Å². The maximum atomic E-state index is 5.78. The van der Waals surface area contributed by atoms with E-state index in [1.165, 1.54) is 0 Å². The zero-order valence-corrected chi connectivity index (χ0v) is 10.5. The fourth-order valence-electron chi connectivity index (χ4n) is 1.75. The third kappa shape index (κ3) is 1.85. The van der Waals surface area contributed by atoms with Gasteiger partial charge in [-0.3, -0.25) is 0 Å². The highest BCUT2D eigenvalue weighted by molar-refractivity contribution is 6.17. The summed E-state index contributed by atoms with van der Waals surface area (Å²) in [4.78, 5) is 9.05. The van der Waals surface area contributed by atoms with Crippen molar-refractivity contribution in [2.24, 2.45) is 0 Å². The molecule has 0 radical (unpaired) electrons. The van der Waals surface area contributed by atoms with E-state index >= 15 is 0 Å². The minimum atomic E-state index is 0.566. The van der Waals surface area contributed by atoms with Crippen molar-refractivity contribution in [1.29, 1.82) is 0 Å². The Bertz CT molecular complexity index is 504. The molecule has 0 unspecified atom stereocenters. The second-order valence-corrected chi connectivity index (χ2v) is 4.30. The Balaban J connectivity index is 2.67. The van der Waals surface area contributed by atoms with E-state index in [0.29, 0.717) is 5.88 Å². The van der Waals surface area contributed by atoms with Gasteiger partial charge in [-0.05, 0) is 19.1 Å². The second-order valence-electron chi connectivity index (χ2n) is 3.92. The fraction of sp³-hybridized carbons (Fsp3) is 0.455. The van der Waals surface area contributed by atoms with E-state index in [1.54, 1.807) is 0 Å². The van der Waals surface area contributed by atoms with Crippen molar-refractivity contribution < 1.29 is 0 Å². The van der Waals surface area contributed by atoms with Gasteiger partial charge < -0.3 is 5.01 Å². The van der Waals surface area contributed by atoms with E-state index in [9.17, 15) is 0 Å². The molecule has 0 aliphatic heterocycles. The monoisotopic (exact) mass is 238 g/mol. The van der Waals surface area contributed by atoms with Crippen LogP contribution in [-0.4, -0.2) is 34.6 Å². The molecule has 5 heteroatoms. The SMILES string of the molecule is Cc1ccc2nc(CCCl)n(N(C)C)c2n1. The quantitative estimate of drug-likeness (QED) is 0.764. The molecule has 2 heterocycles. The molecule has 0 saturated heterocycles. The summed E-state index contributed by atoms with van der Waals surface area (Å²) in [5.74, 6) is 1.52. The number of hydrogen-bond acceptors (Lipinski definition) is 3. The number of hydrogen-bond donors (Lipinski definition) is 0. The molecule has 0 N–H and O–H groups in total. The summed E-state index contributed by atoms with van der Waals surface area (Å²) < 4.78 is 2.00. The number of alkyl halides is 1. The topological polar surface area (TPSA) is 34.0 Å². The first-order valence-corrected chi connectivity index (χ1v) is 5.75. The molecular formula is C11H15ClN4. The van der Waals surface area contributed by atoms with Crippen molar-refractivity contribution >= 4 is 22.8 Å². The maximum absolute atomic E-state index is 5.78. The lowest BCUT2D eigenvalue weighted by atomic mass is 10.3. The van der Waals surface area contributed by atoms with Gasteiger partial charge in [-0.25, -0.2) is 14.6 Å². The molecule has 4 nitrogen and oxygen atoms in total. The third-order valence-corrected chi connectivity index (χ3v) is 2.60. The van der Waals surface area contributed by atoms with Crippen LogP contribution >= 0.6 is 11.6 Å². The van der Waals surface area contributed by atoms with Crippen molar-refractivity contribution in [2.75, 3.05) is 25.0 Å². The molecule has 2 rings (SSSR count). The first-order valence-electron chi connectivity index (χ1n) is 5.22.